The van der Waals surface area contributed by atoms with Crippen molar-refractivity contribution in [2.45, 2.75) is 25.8 Å². The molecule has 2 aromatic rings. The largest absolute Gasteiger partial charge is 0.282 e. The summed E-state index contributed by atoms with van der Waals surface area (Å²) in [4.78, 5) is 51.2. The summed E-state index contributed by atoms with van der Waals surface area (Å²) in [6, 6.07) is 12.2. The van der Waals surface area contributed by atoms with E-state index in [1.54, 1.807) is 24.3 Å². The number of nitrogens with zero attached hydrogens (tertiary/aromatic N) is 3. The SMILES string of the molecule is O=C(c1ccccc1[N+](=O)[O-])N(Cc1ccc(Cl)cc1)N1C(=O)[C@H]2[C@H]3CC[C@@H](C3)[C@@H]2C1=O. The average Bonchev–Trinajstić information content (AvgIpc) is 3.47. The number of rotatable bonds is 5. The molecule has 3 amide bonds. The monoisotopic (exact) mass is 453 g/mol. The van der Waals surface area contributed by atoms with Crippen molar-refractivity contribution in [3.8, 4) is 0 Å². The Morgan fingerprint density at radius 1 is 1.03 bits per heavy atom. The fourth-order valence-corrected chi connectivity index (χ4v) is 5.71. The average molecular weight is 454 g/mol. The first-order chi connectivity index (χ1) is 15.4. The van der Waals surface area contributed by atoms with Gasteiger partial charge < -0.3 is 0 Å². The number of carbonyl (C=O) groups is 3. The van der Waals surface area contributed by atoms with Gasteiger partial charge in [0, 0.05) is 11.1 Å². The predicted octanol–water partition coefficient (Wildman–Crippen LogP) is 3.84. The second-order valence-electron chi connectivity index (χ2n) is 8.64. The van der Waals surface area contributed by atoms with Gasteiger partial charge in [-0.05, 0) is 54.9 Å². The molecule has 2 aliphatic carbocycles. The minimum Gasteiger partial charge on any atom is -0.272 e. The molecule has 4 atom stereocenters. The molecule has 3 fully saturated rings. The lowest BCUT2D eigenvalue weighted by molar-refractivity contribution is -0.385. The summed E-state index contributed by atoms with van der Waals surface area (Å²) in [5.74, 6) is -2.03. The number of hydrogen-bond donors (Lipinski definition) is 0. The van der Waals surface area contributed by atoms with Crippen LogP contribution in [0.2, 0.25) is 5.02 Å². The summed E-state index contributed by atoms with van der Waals surface area (Å²) in [5.41, 5.74) is 0.0898. The minimum absolute atomic E-state index is 0.0890. The highest BCUT2D eigenvalue weighted by Gasteiger charge is 2.62. The van der Waals surface area contributed by atoms with Gasteiger partial charge in [-0.3, -0.25) is 24.5 Å². The molecule has 164 valence electrons. The summed E-state index contributed by atoms with van der Waals surface area (Å²) in [6.07, 6.45) is 2.69. The van der Waals surface area contributed by atoms with Gasteiger partial charge in [0.05, 0.1) is 23.3 Å². The van der Waals surface area contributed by atoms with Crippen molar-refractivity contribution < 1.29 is 19.3 Å². The number of benzene rings is 2. The Morgan fingerprint density at radius 3 is 2.22 bits per heavy atom. The zero-order valence-electron chi connectivity index (χ0n) is 17.0. The molecule has 2 bridgehead atoms. The van der Waals surface area contributed by atoms with Crippen molar-refractivity contribution in [3.63, 3.8) is 0 Å². The minimum atomic E-state index is -0.763. The number of halogens is 1. The maximum Gasteiger partial charge on any atom is 0.282 e. The first-order valence-electron chi connectivity index (χ1n) is 10.5. The lowest BCUT2D eigenvalue weighted by Gasteiger charge is -2.31. The molecular formula is C23H20ClN3O5. The molecular weight excluding hydrogens is 434 g/mol. The van der Waals surface area contributed by atoms with Crippen LogP contribution in [-0.4, -0.2) is 32.7 Å². The molecule has 0 N–H and O–H groups in total. The third-order valence-corrected chi connectivity index (χ3v) is 7.21. The number of amides is 3. The highest BCUT2D eigenvalue weighted by atomic mass is 35.5. The van der Waals surface area contributed by atoms with Crippen LogP contribution in [0.1, 0.15) is 35.2 Å². The Morgan fingerprint density at radius 2 is 1.62 bits per heavy atom. The number of nitro benzene ring substituents is 1. The van der Waals surface area contributed by atoms with E-state index in [2.05, 4.69) is 0 Å². The molecule has 0 radical (unpaired) electrons. The van der Waals surface area contributed by atoms with Crippen molar-refractivity contribution >= 4 is 35.0 Å². The molecule has 3 aliphatic rings. The van der Waals surface area contributed by atoms with Crippen LogP contribution in [0.4, 0.5) is 5.69 Å². The van der Waals surface area contributed by atoms with Gasteiger partial charge in [-0.2, -0.15) is 5.01 Å². The molecule has 0 unspecified atom stereocenters. The molecule has 1 aliphatic heterocycles. The summed E-state index contributed by atoms with van der Waals surface area (Å²) >= 11 is 5.97. The molecule has 32 heavy (non-hydrogen) atoms. The van der Waals surface area contributed by atoms with Crippen LogP contribution in [-0.2, 0) is 16.1 Å². The van der Waals surface area contributed by atoms with E-state index in [0.29, 0.717) is 10.6 Å². The number of para-hydroxylation sites is 1. The lowest BCUT2D eigenvalue weighted by atomic mass is 9.81. The predicted molar refractivity (Wildman–Crippen MR) is 114 cm³/mol. The van der Waals surface area contributed by atoms with Crippen LogP contribution < -0.4 is 0 Å². The Balaban J connectivity index is 1.55. The normalized spacial score (nSPS) is 25.8. The Bertz CT molecular complexity index is 1110. The standard InChI is InChI=1S/C23H20ClN3O5/c24-16-9-5-13(6-10-16)12-25(21(28)17-3-1-2-4-18(17)27(31)32)26-22(29)19-14-7-8-15(11-14)20(19)23(26)30/h1-6,9-10,14-15,19-20H,7-8,11-12H2/t14-,15-,19-,20-/m0/s1. The van der Waals surface area contributed by atoms with Crippen molar-refractivity contribution in [1.82, 2.24) is 10.0 Å². The van der Waals surface area contributed by atoms with E-state index in [4.69, 9.17) is 11.6 Å². The Kier molecular flexibility index (Phi) is 4.97. The number of fused-ring (bicyclic) bond motifs is 5. The summed E-state index contributed by atoms with van der Waals surface area (Å²) in [7, 11) is 0. The highest BCUT2D eigenvalue weighted by molar-refractivity contribution is 6.30. The van der Waals surface area contributed by atoms with E-state index in [0.717, 1.165) is 29.3 Å². The first-order valence-corrected chi connectivity index (χ1v) is 10.9. The lowest BCUT2D eigenvalue weighted by Crippen LogP contribution is -2.50. The second-order valence-corrected chi connectivity index (χ2v) is 9.07. The fourth-order valence-electron chi connectivity index (χ4n) is 5.58. The van der Waals surface area contributed by atoms with Crippen LogP contribution in [0.25, 0.3) is 0 Å². The molecule has 1 saturated heterocycles. The van der Waals surface area contributed by atoms with E-state index < -0.39 is 22.7 Å². The van der Waals surface area contributed by atoms with Crippen molar-refractivity contribution in [2.75, 3.05) is 0 Å². The van der Waals surface area contributed by atoms with Crippen LogP contribution in [0, 0.1) is 33.8 Å². The molecule has 0 aromatic heterocycles. The van der Waals surface area contributed by atoms with Gasteiger partial charge in [-0.15, -0.1) is 0 Å². The van der Waals surface area contributed by atoms with Gasteiger partial charge in [0.2, 0.25) is 0 Å². The third-order valence-electron chi connectivity index (χ3n) is 6.96. The van der Waals surface area contributed by atoms with E-state index in [1.807, 2.05) is 0 Å². The van der Waals surface area contributed by atoms with Gasteiger partial charge in [0.1, 0.15) is 5.56 Å². The van der Waals surface area contributed by atoms with Crippen LogP contribution in [0.5, 0.6) is 0 Å². The van der Waals surface area contributed by atoms with Gasteiger partial charge in [-0.25, -0.2) is 5.01 Å². The van der Waals surface area contributed by atoms with E-state index in [1.165, 1.54) is 24.3 Å². The zero-order chi connectivity index (χ0) is 22.6. The maximum absolute atomic E-state index is 13.6. The fraction of sp³-hybridized carbons (Fsp3) is 0.348. The van der Waals surface area contributed by atoms with E-state index >= 15 is 0 Å². The number of nitro groups is 1. The molecule has 0 spiro atoms. The first kappa shape index (κ1) is 20.6. The number of hydrogen-bond acceptors (Lipinski definition) is 5. The Hall–Kier alpha value is -3.26. The molecule has 1 heterocycles. The third kappa shape index (κ3) is 3.17. The second kappa shape index (κ2) is 7.70. The molecule has 2 aromatic carbocycles. The number of hydrazine groups is 1. The Labute approximate surface area is 188 Å². The van der Waals surface area contributed by atoms with Gasteiger partial charge in [-0.1, -0.05) is 35.9 Å². The topological polar surface area (TPSA) is 101 Å². The zero-order valence-corrected chi connectivity index (χ0v) is 17.8. The smallest absolute Gasteiger partial charge is 0.272 e. The maximum atomic E-state index is 13.6. The summed E-state index contributed by atoms with van der Waals surface area (Å²) in [5, 5.41) is 14.0. The van der Waals surface area contributed by atoms with Crippen molar-refractivity contribution in [2.24, 2.45) is 23.7 Å². The molecule has 2 saturated carbocycles. The summed E-state index contributed by atoms with van der Waals surface area (Å²) < 4.78 is 0. The van der Waals surface area contributed by atoms with Gasteiger partial charge in [0.15, 0.2) is 0 Å². The van der Waals surface area contributed by atoms with Crippen LogP contribution in [0.15, 0.2) is 48.5 Å². The van der Waals surface area contributed by atoms with E-state index in [9.17, 15) is 24.5 Å². The molecule has 5 rings (SSSR count). The van der Waals surface area contributed by atoms with Crippen LogP contribution >= 0.6 is 11.6 Å². The van der Waals surface area contributed by atoms with Gasteiger partial charge >= 0.3 is 0 Å². The number of imide groups is 1. The molecule has 9 heteroatoms. The number of carbonyl (C=O) groups excluding carboxylic acids is 3. The van der Waals surface area contributed by atoms with Crippen molar-refractivity contribution in [3.05, 3.63) is 74.8 Å². The molecule has 8 nitrogen and oxygen atoms in total. The van der Waals surface area contributed by atoms with E-state index in [-0.39, 0.29) is 41.4 Å². The quantitative estimate of drug-likeness (QED) is 0.389. The van der Waals surface area contributed by atoms with Crippen LogP contribution in [0.3, 0.4) is 0 Å². The summed E-state index contributed by atoms with van der Waals surface area (Å²) in [6.45, 7) is -0.0890. The highest BCUT2D eigenvalue weighted by Crippen LogP contribution is 2.56. The van der Waals surface area contributed by atoms with Crippen molar-refractivity contribution in [1.29, 1.82) is 0 Å². The van der Waals surface area contributed by atoms with Gasteiger partial charge in [0.25, 0.3) is 23.4 Å².